The zero-order valence-electron chi connectivity index (χ0n) is 12.3. The number of benzene rings is 1. The number of nitrogens with zero attached hydrogens (tertiary/aromatic N) is 1. The predicted octanol–water partition coefficient (Wildman–Crippen LogP) is 1.95. The fourth-order valence-corrected chi connectivity index (χ4v) is 2.43. The Morgan fingerprint density at radius 2 is 1.95 bits per heavy atom. The molecule has 0 aliphatic carbocycles. The Morgan fingerprint density at radius 1 is 1.35 bits per heavy atom. The van der Waals surface area contributed by atoms with Crippen LogP contribution >= 0.6 is 0 Å². The van der Waals surface area contributed by atoms with Crippen molar-refractivity contribution in [2.45, 2.75) is 32.7 Å². The van der Waals surface area contributed by atoms with Gasteiger partial charge < -0.3 is 14.7 Å². The SMILES string of the molecule is CCN(C(C)=O)C(C)(Cc1ccccc1OC)C(=O)O. The third-order valence-electron chi connectivity index (χ3n) is 3.48. The van der Waals surface area contributed by atoms with Crippen LogP contribution in [-0.2, 0) is 16.0 Å². The van der Waals surface area contributed by atoms with Crippen molar-refractivity contribution in [3.8, 4) is 5.75 Å². The molecular formula is C15H21NO4. The predicted molar refractivity (Wildman–Crippen MR) is 75.8 cm³/mol. The molecule has 0 saturated carbocycles. The van der Waals surface area contributed by atoms with Gasteiger partial charge in [0.05, 0.1) is 7.11 Å². The van der Waals surface area contributed by atoms with E-state index in [1.807, 2.05) is 18.2 Å². The molecule has 0 fully saturated rings. The number of methoxy groups -OCH3 is 1. The number of carboxylic acid groups (broad SMARTS) is 1. The molecule has 0 aliphatic heterocycles. The minimum absolute atomic E-state index is 0.194. The second-order valence-corrected chi connectivity index (χ2v) is 4.83. The van der Waals surface area contributed by atoms with Crippen LogP contribution < -0.4 is 4.74 Å². The number of para-hydroxylation sites is 1. The van der Waals surface area contributed by atoms with Crippen molar-refractivity contribution < 1.29 is 19.4 Å². The van der Waals surface area contributed by atoms with Gasteiger partial charge in [-0.1, -0.05) is 18.2 Å². The number of carboxylic acids is 1. The lowest BCUT2D eigenvalue weighted by Gasteiger charge is -2.37. The van der Waals surface area contributed by atoms with Crippen LogP contribution in [0.4, 0.5) is 0 Å². The Kier molecular flexibility index (Phi) is 5.13. The van der Waals surface area contributed by atoms with Gasteiger partial charge in [0, 0.05) is 19.9 Å². The Hall–Kier alpha value is -2.04. The number of ether oxygens (including phenoxy) is 1. The average molecular weight is 279 g/mol. The number of hydrogen-bond acceptors (Lipinski definition) is 3. The molecule has 1 atom stereocenters. The van der Waals surface area contributed by atoms with Gasteiger partial charge in [-0.25, -0.2) is 4.79 Å². The Bertz CT molecular complexity index is 500. The first-order chi connectivity index (χ1) is 9.36. The first kappa shape index (κ1) is 16.0. The summed E-state index contributed by atoms with van der Waals surface area (Å²) in [4.78, 5) is 24.8. The molecule has 0 radical (unpaired) electrons. The van der Waals surface area contributed by atoms with Crippen molar-refractivity contribution in [3.63, 3.8) is 0 Å². The van der Waals surface area contributed by atoms with Crippen molar-refractivity contribution in [2.75, 3.05) is 13.7 Å². The molecule has 1 N–H and O–H groups in total. The first-order valence-corrected chi connectivity index (χ1v) is 6.50. The number of rotatable bonds is 6. The molecule has 0 aliphatic rings. The maximum atomic E-state index is 11.7. The minimum atomic E-state index is -1.30. The first-order valence-electron chi connectivity index (χ1n) is 6.50. The molecule has 0 heterocycles. The standard InChI is InChI=1S/C15H21NO4/c1-5-16(11(2)17)15(3,14(18)19)10-12-8-6-7-9-13(12)20-4/h6-9H,5,10H2,1-4H3,(H,18,19). The van der Waals surface area contributed by atoms with E-state index in [4.69, 9.17) is 4.74 Å². The third kappa shape index (κ3) is 3.10. The molecular weight excluding hydrogens is 258 g/mol. The highest BCUT2D eigenvalue weighted by Crippen LogP contribution is 2.27. The van der Waals surface area contributed by atoms with Gasteiger partial charge in [0.2, 0.25) is 5.91 Å². The third-order valence-corrected chi connectivity index (χ3v) is 3.48. The van der Waals surface area contributed by atoms with Crippen LogP contribution in [0.15, 0.2) is 24.3 Å². The summed E-state index contributed by atoms with van der Waals surface area (Å²) in [7, 11) is 1.54. The molecule has 5 nitrogen and oxygen atoms in total. The lowest BCUT2D eigenvalue weighted by Crippen LogP contribution is -2.55. The summed E-state index contributed by atoms with van der Waals surface area (Å²) in [5.41, 5.74) is -0.533. The normalized spacial score (nSPS) is 13.4. The van der Waals surface area contributed by atoms with E-state index >= 15 is 0 Å². The maximum absolute atomic E-state index is 11.7. The second kappa shape index (κ2) is 6.41. The number of carbonyl (C=O) groups is 2. The molecule has 1 unspecified atom stereocenters. The molecule has 1 rings (SSSR count). The van der Waals surface area contributed by atoms with Gasteiger partial charge in [-0.3, -0.25) is 4.79 Å². The van der Waals surface area contributed by atoms with Gasteiger partial charge in [-0.15, -0.1) is 0 Å². The van der Waals surface area contributed by atoms with E-state index in [-0.39, 0.29) is 12.3 Å². The molecule has 0 bridgehead atoms. The maximum Gasteiger partial charge on any atom is 0.329 e. The lowest BCUT2D eigenvalue weighted by molar-refractivity contribution is -0.157. The topological polar surface area (TPSA) is 66.8 Å². The molecule has 1 amide bonds. The number of carbonyl (C=O) groups excluding carboxylic acids is 1. The highest BCUT2D eigenvalue weighted by Gasteiger charge is 2.41. The summed E-state index contributed by atoms with van der Waals surface area (Å²) in [6.45, 7) is 5.05. The van der Waals surface area contributed by atoms with E-state index in [2.05, 4.69) is 0 Å². The van der Waals surface area contributed by atoms with Crippen molar-refractivity contribution >= 4 is 11.9 Å². The van der Waals surface area contributed by atoms with Gasteiger partial charge in [-0.2, -0.15) is 0 Å². The summed E-state index contributed by atoms with van der Waals surface area (Å²) in [5, 5.41) is 9.57. The van der Waals surface area contributed by atoms with Crippen LogP contribution in [0.2, 0.25) is 0 Å². The minimum Gasteiger partial charge on any atom is -0.496 e. The summed E-state index contributed by atoms with van der Waals surface area (Å²) >= 11 is 0. The van der Waals surface area contributed by atoms with Crippen LogP contribution in [-0.4, -0.2) is 41.1 Å². The molecule has 5 heteroatoms. The summed E-state index contributed by atoms with van der Waals surface area (Å²) in [6.07, 6.45) is 0.194. The zero-order valence-corrected chi connectivity index (χ0v) is 12.3. The van der Waals surface area contributed by atoms with E-state index in [0.717, 1.165) is 5.56 Å². The lowest BCUT2D eigenvalue weighted by atomic mass is 9.90. The van der Waals surface area contributed by atoms with Crippen molar-refractivity contribution in [1.29, 1.82) is 0 Å². The van der Waals surface area contributed by atoms with Crippen LogP contribution in [0.5, 0.6) is 5.75 Å². The Morgan fingerprint density at radius 3 is 2.40 bits per heavy atom. The van der Waals surface area contributed by atoms with Crippen LogP contribution in [0.1, 0.15) is 26.3 Å². The summed E-state index contributed by atoms with van der Waals surface area (Å²) in [6, 6.07) is 7.24. The second-order valence-electron chi connectivity index (χ2n) is 4.83. The van der Waals surface area contributed by atoms with E-state index < -0.39 is 11.5 Å². The number of likely N-dealkylation sites (N-methyl/N-ethyl adjacent to an activating group) is 1. The zero-order chi connectivity index (χ0) is 15.3. The van der Waals surface area contributed by atoms with Crippen LogP contribution in [0.25, 0.3) is 0 Å². The molecule has 1 aromatic carbocycles. The monoisotopic (exact) mass is 279 g/mol. The van der Waals surface area contributed by atoms with E-state index in [1.165, 1.54) is 11.8 Å². The van der Waals surface area contributed by atoms with Crippen LogP contribution in [0.3, 0.4) is 0 Å². The van der Waals surface area contributed by atoms with Crippen molar-refractivity contribution in [2.24, 2.45) is 0 Å². The fraction of sp³-hybridized carbons (Fsp3) is 0.467. The quantitative estimate of drug-likeness (QED) is 0.864. The number of hydrogen-bond donors (Lipinski definition) is 1. The Labute approximate surface area is 119 Å². The van der Waals surface area contributed by atoms with Crippen molar-refractivity contribution in [3.05, 3.63) is 29.8 Å². The smallest absolute Gasteiger partial charge is 0.329 e. The summed E-state index contributed by atoms with van der Waals surface area (Å²) < 4.78 is 5.25. The molecule has 0 aromatic heterocycles. The fourth-order valence-electron chi connectivity index (χ4n) is 2.43. The van der Waals surface area contributed by atoms with Gasteiger partial charge in [-0.05, 0) is 25.5 Å². The van der Waals surface area contributed by atoms with Gasteiger partial charge in [0.15, 0.2) is 0 Å². The largest absolute Gasteiger partial charge is 0.496 e. The van der Waals surface area contributed by atoms with Gasteiger partial charge >= 0.3 is 5.97 Å². The average Bonchev–Trinajstić information content (AvgIpc) is 2.39. The highest BCUT2D eigenvalue weighted by molar-refractivity contribution is 5.86. The molecule has 0 saturated heterocycles. The van der Waals surface area contributed by atoms with E-state index in [9.17, 15) is 14.7 Å². The van der Waals surface area contributed by atoms with Gasteiger partial charge in [0.25, 0.3) is 0 Å². The van der Waals surface area contributed by atoms with Gasteiger partial charge in [0.1, 0.15) is 11.3 Å². The van der Waals surface area contributed by atoms with E-state index in [1.54, 1.807) is 27.0 Å². The highest BCUT2D eigenvalue weighted by atomic mass is 16.5. The van der Waals surface area contributed by atoms with Crippen LogP contribution in [0, 0.1) is 0 Å². The molecule has 20 heavy (non-hydrogen) atoms. The van der Waals surface area contributed by atoms with Crippen molar-refractivity contribution in [1.82, 2.24) is 4.90 Å². The number of aliphatic carboxylic acids is 1. The van der Waals surface area contributed by atoms with E-state index in [0.29, 0.717) is 12.3 Å². The molecule has 1 aromatic rings. The Balaban J connectivity index is 3.21. The number of amides is 1. The molecule has 110 valence electrons. The molecule has 0 spiro atoms. The summed E-state index contributed by atoms with van der Waals surface area (Å²) in [5.74, 6) is -0.660.